The van der Waals surface area contributed by atoms with Gasteiger partial charge in [0.05, 0.1) is 0 Å². The van der Waals surface area contributed by atoms with Crippen LogP contribution in [0.25, 0.3) is 0 Å². The van der Waals surface area contributed by atoms with Crippen molar-refractivity contribution in [2.24, 2.45) is 21.6 Å². The van der Waals surface area contributed by atoms with Crippen LogP contribution in [0.5, 0.6) is 0 Å². The van der Waals surface area contributed by atoms with Crippen LogP contribution < -0.4 is 16.4 Å². The minimum absolute atomic E-state index is 0.0947. The second-order valence-corrected chi connectivity index (χ2v) is 8.14. The Balaban J connectivity index is 1.70. The molecule has 0 saturated heterocycles. The average Bonchev–Trinajstić information content (AvgIpc) is 2.71. The molecule has 2 aliphatic rings. The molecule has 1 aliphatic carbocycles. The number of hydrogen-bond donors (Lipinski definition) is 3. The first-order chi connectivity index (χ1) is 15.6. The van der Waals surface area contributed by atoms with E-state index in [-0.39, 0.29) is 23.2 Å². The summed E-state index contributed by atoms with van der Waals surface area (Å²) in [5.74, 6) is -9.54. The monoisotopic (exact) mass is 489 g/mol. The van der Waals surface area contributed by atoms with Crippen LogP contribution in [0.2, 0.25) is 0 Å². The second-order valence-electron chi connectivity index (χ2n) is 8.14. The first kappa shape index (κ1) is 23.9. The van der Waals surface area contributed by atoms with Gasteiger partial charge < -0.3 is 10.6 Å². The van der Waals surface area contributed by atoms with E-state index < -0.39 is 54.0 Å². The van der Waals surface area contributed by atoms with Crippen molar-refractivity contribution in [3.63, 3.8) is 0 Å². The number of guanidine groups is 1. The highest BCUT2D eigenvalue weighted by atomic mass is 19.4. The standard InChI is InChI=1S/C20H18F7N7/c1-17(21,22)14-7-11(5-6-29-14)30-16-32-15(12-3-2-4-13(31-12)19(25,26)27)33-20(28,34-16)10-8-18(23,24)9-10/h2-7,10H,8-9,28H2,1H3,(H2,29,30,32,33,34). The maximum atomic E-state index is 13.6. The molecule has 1 saturated carbocycles. The molecule has 0 amide bonds. The summed E-state index contributed by atoms with van der Waals surface area (Å²) < 4.78 is 93.7. The van der Waals surface area contributed by atoms with Crippen LogP contribution in [0, 0.1) is 5.92 Å². The molecule has 0 spiro atoms. The zero-order valence-corrected chi connectivity index (χ0v) is 17.5. The van der Waals surface area contributed by atoms with Crippen LogP contribution in [-0.4, -0.2) is 33.5 Å². The number of aromatic nitrogens is 2. The fourth-order valence-electron chi connectivity index (χ4n) is 3.49. The van der Waals surface area contributed by atoms with Crippen molar-refractivity contribution in [1.29, 1.82) is 0 Å². The zero-order valence-electron chi connectivity index (χ0n) is 17.5. The summed E-state index contributed by atoms with van der Waals surface area (Å²) in [5.41, 5.74) is 4.28. The number of rotatable bonds is 4. The fourth-order valence-corrected chi connectivity index (χ4v) is 3.49. The molecule has 4 rings (SSSR count). The van der Waals surface area contributed by atoms with Crippen molar-refractivity contribution in [1.82, 2.24) is 15.3 Å². The average molecular weight is 489 g/mol. The van der Waals surface area contributed by atoms with Gasteiger partial charge in [-0.15, -0.1) is 0 Å². The largest absolute Gasteiger partial charge is 0.433 e. The fraction of sp³-hybridized carbons (Fsp3) is 0.400. The van der Waals surface area contributed by atoms with E-state index in [0.29, 0.717) is 6.92 Å². The Bertz CT molecular complexity index is 1150. The number of nitrogens with one attached hydrogen (secondary N) is 2. The van der Waals surface area contributed by atoms with Crippen LogP contribution in [0.4, 0.5) is 36.4 Å². The topological polar surface area (TPSA) is 101 Å². The Morgan fingerprint density at radius 1 is 1.06 bits per heavy atom. The molecule has 4 N–H and O–H groups in total. The quantitative estimate of drug-likeness (QED) is 0.562. The highest BCUT2D eigenvalue weighted by molar-refractivity contribution is 6.13. The SMILES string of the molecule is CC(F)(F)c1cc(NC2=NC(N)(C3CC(F)(F)C3)N=C(c3cccc(C(F)(F)F)n3)N2)ccn1. The minimum atomic E-state index is -4.74. The number of nitrogens with zero attached hydrogens (tertiary/aromatic N) is 4. The number of hydrogen-bond acceptors (Lipinski definition) is 7. The molecule has 0 bridgehead atoms. The van der Waals surface area contributed by atoms with Crippen molar-refractivity contribution < 1.29 is 30.7 Å². The van der Waals surface area contributed by atoms with Crippen molar-refractivity contribution in [3.8, 4) is 0 Å². The van der Waals surface area contributed by atoms with Gasteiger partial charge in [0.1, 0.15) is 17.1 Å². The highest BCUT2D eigenvalue weighted by Crippen LogP contribution is 2.48. The highest BCUT2D eigenvalue weighted by Gasteiger charge is 2.55. The van der Waals surface area contributed by atoms with Crippen LogP contribution in [-0.2, 0) is 12.1 Å². The molecule has 1 unspecified atom stereocenters. The molecular formula is C20H18F7N7. The van der Waals surface area contributed by atoms with Crippen LogP contribution >= 0.6 is 0 Å². The Morgan fingerprint density at radius 2 is 1.76 bits per heavy atom. The number of pyridine rings is 2. The van der Waals surface area contributed by atoms with Gasteiger partial charge in [-0.3, -0.25) is 10.7 Å². The molecule has 1 fully saturated rings. The molecule has 2 aromatic rings. The van der Waals surface area contributed by atoms with E-state index in [1.165, 1.54) is 12.1 Å². The van der Waals surface area contributed by atoms with Gasteiger partial charge in [-0.2, -0.15) is 22.0 Å². The lowest BCUT2D eigenvalue weighted by molar-refractivity contribution is -0.141. The normalized spacial score (nSPS) is 22.9. The van der Waals surface area contributed by atoms with Gasteiger partial charge in [0.25, 0.3) is 5.92 Å². The van der Waals surface area contributed by atoms with Gasteiger partial charge >= 0.3 is 6.18 Å². The summed E-state index contributed by atoms with van der Waals surface area (Å²) in [4.78, 5) is 15.4. The lowest BCUT2D eigenvalue weighted by Gasteiger charge is -2.43. The summed E-state index contributed by atoms with van der Waals surface area (Å²) in [5, 5.41) is 5.30. The molecule has 0 radical (unpaired) electrons. The van der Waals surface area contributed by atoms with E-state index in [1.54, 1.807) is 0 Å². The molecule has 2 aromatic heterocycles. The first-order valence-electron chi connectivity index (χ1n) is 9.94. The number of anilines is 1. The molecule has 7 nitrogen and oxygen atoms in total. The maximum absolute atomic E-state index is 13.6. The van der Waals surface area contributed by atoms with Crippen LogP contribution in [0.1, 0.15) is 36.8 Å². The van der Waals surface area contributed by atoms with Crippen LogP contribution in [0.3, 0.4) is 0 Å². The number of amidine groups is 1. The summed E-state index contributed by atoms with van der Waals surface area (Å²) >= 11 is 0. The zero-order chi connectivity index (χ0) is 24.9. The predicted molar refractivity (Wildman–Crippen MR) is 108 cm³/mol. The first-order valence-corrected chi connectivity index (χ1v) is 9.94. The Kier molecular flexibility index (Phi) is 5.54. The smallest absolute Gasteiger partial charge is 0.326 e. The lowest BCUT2D eigenvalue weighted by atomic mass is 9.76. The summed E-state index contributed by atoms with van der Waals surface area (Å²) in [6.07, 6.45) is -4.89. The van der Waals surface area contributed by atoms with Crippen molar-refractivity contribution in [3.05, 3.63) is 53.6 Å². The third kappa shape index (κ3) is 4.95. The van der Waals surface area contributed by atoms with Crippen molar-refractivity contribution in [2.75, 3.05) is 5.32 Å². The maximum Gasteiger partial charge on any atom is 0.433 e. The molecule has 182 valence electrons. The number of alkyl halides is 7. The number of halogens is 7. The van der Waals surface area contributed by atoms with Crippen molar-refractivity contribution in [2.45, 2.75) is 43.6 Å². The lowest BCUT2D eigenvalue weighted by Crippen LogP contribution is -2.58. The number of nitrogens with two attached hydrogens (primary N) is 1. The van der Waals surface area contributed by atoms with Crippen molar-refractivity contribution >= 4 is 17.5 Å². The molecule has 34 heavy (non-hydrogen) atoms. The van der Waals surface area contributed by atoms with Gasteiger partial charge in [-0.05, 0) is 24.3 Å². The number of aliphatic imine (C=N–C) groups is 2. The van der Waals surface area contributed by atoms with E-state index in [2.05, 4.69) is 30.6 Å². The van der Waals surface area contributed by atoms with E-state index in [9.17, 15) is 30.7 Å². The van der Waals surface area contributed by atoms with E-state index in [1.807, 2.05) is 0 Å². The summed E-state index contributed by atoms with van der Waals surface area (Å²) in [6, 6.07) is 5.45. The summed E-state index contributed by atoms with van der Waals surface area (Å²) in [6.45, 7) is 0.654. The van der Waals surface area contributed by atoms with Crippen LogP contribution in [0.15, 0.2) is 46.5 Å². The third-order valence-electron chi connectivity index (χ3n) is 5.26. The minimum Gasteiger partial charge on any atom is -0.326 e. The van der Waals surface area contributed by atoms with E-state index >= 15 is 0 Å². The van der Waals surface area contributed by atoms with Gasteiger partial charge in [-0.25, -0.2) is 23.7 Å². The van der Waals surface area contributed by atoms with Gasteiger partial charge in [0, 0.05) is 37.6 Å². The molecule has 3 heterocycles. The predicted octanol–water partition coefficient (Wildman–Crippen LogP) is 4.08. The Morgan fingerprint density at radius 3 is 2.38 bits per heavy atom. The molecule has 1 aliphatic heterocycles. The second kappa shape index (κ2) is 7.89. The molecular weight excluding hydrogens is 471 g/mol. The third-order valence-corrected chi connectivity index (χ3v) is 5.26. The molecule has 0 aromatic carbocycles. The summed E-state index contributed by atoms with van der Waals surface area (Å²) in [7, 11) is 0. The molecule has 14 heteroatoms. The van der Waals surface area contributed by atoms with Gasteiger partial charge in [-0.1, -0.05) is 6.07 Å². The van der Waals surface area contributed by atoms with E-state index in [0.717, 1.165) is 24.4 Å². The Labute approximate surface area is 188 Å². The van der Waals surface area contributed by atoms with E-state index in [4.69, 9.17) is 5.73 Å². The van der Waals surface area contributed by atoms with Gasteiger partial charge in [0.15, 0.2) is 5.84 Å². The Hall–Kier alpha value is -3.29. The van der Waals surface area contributed by atoms with Gasteiger partial charge in [0.2, 0.25) is 17.7 Å². The molecule has 1 atom stereocenters.